The third-order valence-electron chi connectivity index (χ3n) is 6.40. The number of aromatic nitrogens is 3. The van der Waals surface area contributed by atoms with E-state index in [1.165, 1.54) is 0 Å². The molecule has 1 amide bonds. The molecule has 10 heteroatoms. The van der Waals surface area contributed by atoms with E-state index in [1.54, 1.807) is 19.4 Å². The number of halogens is 1. The predicted molar refractivity (Wildman–Crippen MR) is 137 cm³/mol. The highest BCUT2D eigenvalue weighted by Gasteiger charge is 2.29. The van der Waals surface area contributed by atoms with Crippen LogP contribution in [-0.4, -0.2) is 53.8 Å². The number of carbonyl (C=O) groups is 1. The highest BCUT2D eigenvalue weighted by Crippen LogP contribution is 2.42. The summed E-state index contributed by atoms with van der Waals surface area (Å²) in [5, 5.41) is 6.81. The van der Waals surface area contributed by atoms with Gasteiger partial charge in [0.1, 0.15) is 11.6 Å². The standard InChI is InChI=1S/C26H24ClN5O4/c1-34-25-16(27)3-2-4-19(25)31-24-21-17(8-11-29-26(21)33)30-23(24)15-7-10-28-18-5-6-20(32-22(15)18)36-14-9-12-35-13-14/h2-7,10,14,30-31H,8-9,11-13H2,1H3,(H,29,33)/t14-/m0/s1. The van der Waals surface area contributed by atoms with Gasteiger partial charge in [-0.15, -0.1) is 0 Å². The average molecular weight is 506 g/mol. The molecule has 5 heterocycles. The van der Waals surface area contributed by atoms with E-state index in [1.807, 2.05) is 30.3 Å². The Bertz CT molecular complexity index is 1460. The first-order valence-corrected chi connectivity index (χ1v) is 12.1. The van der Waals surface area contributed by atoms with Crippen LogP contribution < -0.4 is 20.1 Å². The minimum atomic E-state index is -0.154. The van der Waals surface area contributed by atoms with Crippen molar-refractivity contribution >= 4 is 39.9 Å². The maximum atomic E-state index is 13.0. The molecule has 1 aromatic carbocycles. The first-order valence-electron chi connectivity index (χ1n) is 11.8. The van der Waals surface area contributed by atoms with Crippen molar-refractivity contribution in [3.05, 3.63) is 58.9 Å². The van der Waals surface area contributed by atoms with Gasteiger partial charge in [0.25, 0.3) is 5.91 Å². The molecule has 0 unspecified atom stereocenters. The van der Waals surface area contributed by atoms with Crippen molar-refractivity contribution in [2.45, 2.75) is 18.9 Å². The fourth-order valence-electron chi connectivity index (χ4n) is 4.71. The number of aromatic amines is 1. The van der Waals surface area contributed by atoms with Crippen molar-refractivity contribution in [2.75, 3.05) is 32.2 Å². The molecule has 0 aliphatic carbocycles. The van der Waals surface area contributed by atoms with E-state index < -0.39 is 0 Å². The van der Waals surface area contributed by atoms with E-state index >= 15 is 0 Å². The molecular formula is C26H24ClN5O4. The molecule has 4 aromatic rings. The van der Waals surface area contributed by atoms with Crippen molar-refractivity contribution in [3.8, 4) is 22.9 Å². The quantitative estimate of drug-likeness (QED) is 0.354. The fraction of sp³-hybridized carbons (Fsp3) is 0.269. The van der Waals surface area contributed by atoms with Gasteiger partial charge in [-0.2, -0.15) is 0 Å². The number of anilines is 2. The fourth-order valence-corrected chi connectivity index (χ4v) is 4.96. The molecule has 184 valence electrons. The Morgan fingerprint density at radius 3 is 2.97 bits per heavy atom. The number of methoxy groups -OCH3 is 1. The molecule has 3 N–H and O–H groups in total. The zero-order chi connectivity index (χ0) is 24.6. The van der Waals surface area contributed by atoms with Crippen molar-refractivity contribution in [2.24, 2.45) is 0 Å². The summed E-state index contributed by atoms with van der Waals surface area (Å²) in [6, 6.07) is 11.0. The van der Waals surface area contributed by atoms with Gasteiger partial charge in [0.15, 0.2) is 5.75 Å². The molecule has 6 rings (SSSR count). The minimum Gasteiger partial charge on any atom is -0.493 e. The second-order valence-electron chi connectivity index (χ2n) is 8.66. The molecule has 0 saturated carbocycles. The van der Waals surface area contributed by atoms with Crippen LogP contribution in [0.1, 0.15) is 22.5 Å². The number of nitrogens with zero attached hydrogens (tertiary/aromatic N) is 2. The summed E-state index contributed by atoms with van der Waals surface area (Å²) >= 11 is 6.37. The van der Waals surface area contributed by atoms with Gasteiger partial charge in [0.2, 0.25) is 5.88 Å². The van der Waals surface area contributed by atoms with Crippen LogP contribution in [-0.2, 0) is 11.2 Å². The van der Waals surface area contributed by atoms with Crippen LogP contribution >= 0.6 is 11.6 Å². The first-order chi connectivity index (χ1) is 17.6. The van der Waals surface area contributed by atoms with Crippen LogP contribution in [0, 0.1) is 0 Å². The molecule has 2 aliphatic rings. The molecule has 0 spiro atoms. The second-order valence-corrected chi connectivity index (χ2v) is 9.07. The zero-order valence-electron chi connectivity index (χ0n) is 19.6. The van der Waals surface area contributed by atoms with E-state index in [0.29, 0.717) is 70.8 Å². The van der Waals surface area contributed by atoms with Crippen LogP contribution in [0.25, 0.3) is 22.3 Å². The summed E-state index contributed by atoms with van der Waals surface area (Å²) < 4.78 is 17.0. The second kappa shape index (κ2) is 9.33. The number of ether oxygens (including phenoxy) is 3. The summed E-state index contributed by atoms with van der Waals surface area (Å²) in [4.78, 5) is 25.8. The maximum Gasteiger partial charge on any atom is 0.255 e. The molecule has 36 heavy (non-hydrogen) atoms. The molecule has 1 saturated heterocycles. The number of amides is 1. The number of H-pyrrole nitrogens is 1. The molecule has 9 nitrogen and oxygen atoms in total. The van der Waals surface area contributed by atoms with Crippen molar-refractivity contribution < 1.29 is 19.0 Å². The smallest absolute Gasteiger partial charge is 0.255 e. The number of pyridine rings is 2. The summed E-state index contributed by atoms with van der Waals surface area (Å²) in [6.45, 7) is 1.79. The van der Waals surface area contributed by atoms with Gasteiger partial charge in [0, 0.05) is 42.9 Å². The molecule has 1 atom stereocenters. The summed E-state index contributed by atoms with van der Waals surface area (Å²) in [7, 11) is 1.56. The number of hydrogen-bond donors (Lipinski definition) is 3. The lowest BCUT2D eigenvalue weighted by Crippen LogP contribution is -2.31. The molecule has 2 aliphatic heterocycles. The summed E-state index contributed by atoms with van der Waals surface area (Å²) in [5.74, 6) is 0.842. The van der Waals surface area contributed by atoms with E-state index in [0.717, 1.165) is 23.4 Å². The third-order valence-corrected chi connectivity index (χ3v) is 6.70. The zero-order valence-corrected chi connectivity index (χ0v) is 20.3. The van der Waals surface area contributed by atoms with Crippen LogP contribution in [0.5, 0.6) is 11.6 Å². The van der Waals surface area contributed by atoms with Crippen LogP contribution in [0.15, 0.2) is 42.6 Å². The molecular weight excluding hydrogens is 482 g/mol. The van der Waals surface area contributed by atoms with Crippen LogP contribution in [0.2, 0.25) is 5.02 Å². The van der Waals surface area contributed by atoms with E-state index in [9.17, 15) is 4.79 Å². The van der Waals surface area contributed by atoms with Gasteiger partial charge < -0.3 is 29.8 Å². The van der Waals surface area contributed by atoms with Gasteiger partial charge >= 0.3 is 0 Å². The summed E-state index contributed by atoms with van der Waals surface area (Å²) in [6.07, 6.45) is 3.21. The number of nitrogens with one attached hydrogen (secondary N) is 3. The highest BCUT2D eigenvalue weighted by atomic mass is 35.5. The topological polar surface area (TPSA) is 110 Å². The minimum absolute atomic E-state index is 0.0240. The molecule has 1 fully saturated rings. The lowest BCUT2D eigenvalue weighted by Gasteiger charge is -2.17. The number of carbonyl (C=O) groups excluding carboxylic acids is 1. The number of hydrogen-bond acceptors (Lipinski definition) is 7. The Morgan fingerprint density at radius 2 is 2.14 bits per heavy atom. The van der Waals surface area contributed by atoms with Crippen molar-refractivity contribution in [3.63, 3.8) is 0 Å². The van der Waals surface area contributed by atoms with Crippen molar-refractivity contribution in [1.29, 1.82) is 0 Å². The van der Waals surface area contributed by atoms with Gasteiger partial charge in [-0.05, 0) is 24.3 Å². The number of benzene rings is 1. The Morgan fingerprint density at radius 1 is 1.22 bits per heavy atom. The Balaban J connectivity index is 1.51. The Labute approximate surface area is 212 Å². The lowest BCUT2D eigenvalue weighted by atomic mass is 10.0. The van der Waals surface area contributed by atoms with Gasteiger partial charge in [-0.1, -0.05) is 17.7 Å². The Hall–Kier alpha value is -3.82. The average Bonchev–Trinajstić information content (AvgIpc) is 3.52. The van der Waals surface area contributed by atoms with Gasteiger partial charge in [-0.3, -0.25) is 9.78 Å². The van der Waals surface area contributed by atoms with E-state index in [2.05, 4.69) is 20.6 Å². The monoisotopic (exact) mass is 505 g/mol. The summed E-state index contributed by atoms with van der Waals surface area (Å²) in [5.41, 5.74) is 5.55. The number of fused-ring (bicyclic) bond motifs is 2. The largest absolute Gasteiger partial charge is 0.493 e. The normalized spacial score (nSPS) is 17.1. The predicted octanol–water partition coefficient (Wildman–Crippen LogP) is 4.48. The Kier molecular flexibility index (Phi) is 5.86. The van der Waals surface area contributed by atoms with Crippen LogP contribution in [0.3, 0.4) is 0 Å². The molecule has 3 aromatic heterocycles. The van der Waals surface area contributed by atoms with Crippen molar-refractivity contribution in [1.82, 2.24) is 20.3 Å². The molecule has 0 radical (unpaired) electrons. The van der Waals surface area contributed by atoms with E-state index in [4.69, 9.17) is 30.8 Å². The highest BCUT2D eigenvalue weighted by molar-refractivity contribution is 6.32. The lowest BCUT2D eigenvalue weighted by molar-refractivity contribution is 0.0947. The third kappa shape index (κ3) is 4.00. The van der Waals surface area contributed by atoms with Gasteiger partial charge in [-0.25, -0.2) is 4.98 Å². The van der Waals surface area contributed by atoms with E-state index in [-0.39, 0.29) is 12.0 Å². The number of para-hydroxylation sites is 1. The first kappa shape index (κ1) is 22.6. The SMILES string of the molecule is COc1c(Cl)cccc1Nc1c(-c2ccnc3ccc(O[C@H]4CCOC4)nc23)[nH]c2c1C(=O)NCC2. The molecule has 0 bridgehead atoms. The number of rotatable bonds is 6. The van der Waals surface area contributed by atoms with Gasteiger partial charge in [0.05, 0.1) is 53.5 Å². The maximum absolute atomic E-state index is 13.0. The van der Waals surface area contributed by atoms with Crippen LogP contribution in [0.4, 0.5) is 11.4 Å².